The molecule has 0 amide bonds. The number of ether oxygens (including phenoxy) is 1. The maximum Gasteiger partial charge on any atom is 0.345 e. The van der Waals surface area contributed by atoms with Gasteiger partial charge in [-0.3, -0.25) is 5.43 Å². The Morgan fingerprint density at radius 2 is 2.04 bits per heavy atom. The van der Waals surface area contributed by atoms with Gasteiger partial charge in [0.1, 0.15) is 5.75 Å². The van der Waals surface area contributed by atoms with Crippen LogP contribution in [0.1, 0.15) is 15.9 Å². The molecule has 3 N–H and O–H groups in total. The predicted molar refractivity (Wildman–Crippen MR) is 95.4 cm³/mol. The fourth-order valence-electron chi connectivity index (χ4n) is 1.65. The first-order chi connectivity index (χ1) is 11.0. The molecule has 0 radical (unpaired) electrons. The molecule has 0 heterocycles. The lowest BCUT2D eigenvalue weighted by molar-refractivity contribution is 0.0735. The van der Waals surface area contributed by atoms with Crippen molar-refractivity contribution in [2.24, 2.45) is 10.8 Å². The molecule has 2 aromatic rings. The fraction of sp³-hybridized carbons (Fsp3) is 0. The molecule has 2 rings (SSSR count). The predicted octanol–water partition coefficient (Wildman–Crippen LogP) is 3.38. The average Bonchev–Trinajstić information content (AvgIpc) is 2.47. The van der Waals surface area contributed by atoms with E-state index in [9.17, 15) is 4.79 Å². The number of carbonyl (C=O) groups excluding carboxylic acids is 1. The van der Waals surface area contributed by atoms with Gasteiger partial charge in [-0.1, -0.05) is 35.3 Å². The van der Waals surface area contributed by atoms with Crippen molar-refractivity contribution in [1.82, 2.24) is 5.43 Å². The second-order valence-electron chi connectivity index (χ2n) is 4.32. The van der Waals surface area contributed by atoms with E-state index in [1.807, 2.05) is 0 Å². The number of halogens is 2. The van der Waals surface area contributed by atoms with Gasteiger partial charge in [0.2, 0.25) is 0 Å². The maximum atomic E-state index is 12.1. The van der Waals surface area contributed by atoms with E-state index in [4.69, 9.17) is 33.7 Å². The number of esters is 1. The van der Waals surface area contributed by atoms with Crippen molar-refractivity contribution in [3.8, 4) is 5.75 Å². The molecule has 0 saturated heterocycles. The van der Waals surface area contributed by atoms with Crippen molar-refractivity contribution in [3.63, 3.8) is 0 Å². The number of benzene rings is 2. The Hall–Kier alpha value is -2.15. The minimum absolute atomic E-state index is 0.0567. The van der Waals surface area contributed by atoms with Crippen LogP contribution in [0.2, 0.25) is 10.0 Å². The molecule has 2 aromatic carbocycles. The lowest BCUT2D eigenvalue weighted by atomic mass is 10.2. The van der Waals surface area contributed by atoms with Gasteiger partial charge in [-0.15, -0.1) is 0 Å². The minimum atomic E-state index is -0.581. The topological polar surface area (TPSA) is 76.7 Å². The van der Waals surface area contributed by atoms with Crippen LogP contribution < -0.4 is 15.9 Å². The summed E-state index contributed by atoms with van der Waals surface area (Å²) >= 11 is 16.4. The molecule has 0 atom stereocenters. The third kappa shape index (κ3) is 5.21. The quantitative estimate of drug-likeness (QED) is 0.285. The summed E-state index contributed by atoms with van der Waals surface area (Å²) < 4.78 is 5.29. The van der Waals surface area contributed by atoms with Crippen LogP contribution in [0.15, 0.2) is 47.6 Å². The molecule has 0 aromatic heterocycles. The Morgan fingerprint density at radius 1 is 1.26 bits per heavy atom. The average molecular weight is 368 g/mol. The number of nitrogens with two attached hydrogens (primary N) is 1. The van der Waals surface area contributed by atoms with Gasteiger partial charge in [0, 0.05) is 5.02 Å². The first-order valence-corrected chi connectivity index (χ1v) is 7.48. The van der Waals surface area contributed by atoms with E-state index in [1.165, 1.54) is 18.3 Å². The molecule has 0 fully saturated rings. The van der Waals surface area contributed by atoms with E-state index in [2.05, 4.69) is 22.7 Å². The van der Waals surface area contributed by atoms with Gasteiger partial charge in [-0.2, -0.15) is 5.10 Å². The fourth-order valence-corrected chi connectivity index (χ4v) is 2.18. The SMILES string of the molecule is NC(=S)N/N=C/c1cccc(OC(=O)c2ccc(Cl)cc2Cl)c1. The van der Waals surface area contributed by atoms with E-state index in [0.29, 0.717) is 16.3 Å². The van der Waals surface area contributed by atoms with Crippen LogP contribution in [-0.2, 0) is 0 Å². The Bertz CT molecular complexity index is 781. The molecular formula is C15H11Cl2N3O2S. The highest BCUT2D eigenvalue weighted by Crippen LogP contribution is 2.23. The standard InChI is InChI=1S/C15H11Cl2N3O2S/c16-10-4-5-12(13(17)7-10)14(21)22-11-3-1-2-9(6-11)8-19-20-15(18)23/h1-8H,(H3,18,20,23)/b19-8+. The highest BCUT2D eigenvalue weighted by atomic mass is 35.5. The first-order valence-electron chi connectivity index (χ1n) is 6.31. The Kier molecular flexibility index (Phi) is 5.92. The van der Waals surface area contributed by atoms with Gasteiger partial charge in [-0.05, 0) is 48.1 Å². The van der Waals surface area contributed by atoms with Gasteiger partial charge in [-0.25, -0.2) is 4.79 Å². The van der Waals surface area contributed by atoms with E-state index in [0.717, 1.165) is 0 Å². The number of hydrazone groups is 1. The number of hydrogen-bond donors (Lipinski definition) is 2. The third-order valence-electron chi connectivity index (χ3n) is 2.61. The van der Waals surface area contributed by atoms with E-state index < -0.39 is 5.97 Å². The summed E-state index contributed by atoms with van der Waals surface area (Å²) in [4.78, 5) is 12.1. The molecule has 23 heavy (non-hydrogen) atoms. The second-order valence-corrected chi connectivity index (χ2v) is 5.60. The Labute approximate surface area is 148 Å². The summed E-state index contributed by atoms with van der Waals surface area (Å²) in [6.07, 6.45) is 1.49. The van der Waals surface area contributed by atoms with E-state index in [1.54, 1.807) is 30.3 Å². The van der Waals surface area contributed by atoms with Crippen LogP contribution in [0.25, 0.3) is 0 Å². The molecule has 0 aliphatic heterocycles. The van der Waals surface area contributed by atoms with Gasteiger partial charge >= 0.3 is 5.97 Å². The van der Waals surface area contributed by atoms with E-state index >= 15 is 0 Å². The second kappa shape index (κ2) is 7.92. The van der Waals surface area contributed by atoms with E-state index in [-0.39, 0.29) is 15.7 Å². The Morgan fingerprint density at radius 3 is 2.74 bits per heavy atom. The van der Waals surface area contributed by atoms with Gasteiger partial charge < -0.3 is 10.5 Å². The molecule has 0 aliphatic rings. The molecule has 118 valence electrons. The van der Waals surface area contributed by atoms with Crippen LogP contribution in [0.4, 0.5) is 0 Å². The molecule has 5 nitrogen and oxygen atoms in total. The van der Waals surface area contributed by atoms with Gasteiger partial charge in [0.05, 0.1) is 16.8 Å². The number of rotatable bonds is 4. The zero-order chi connectivity index (χ0) is 16.8. The summed E-state index contributed by atoms with van der Waals surface area (Å²) in [6.45, 7) is 0. The number of nitrogens with zero attached hydrogens (tertiary/aromatic N) is 1. The lowest BCUT2D eigenvalue weighted by Gasteiger charge is -2.06. The zero-order valence-electron chi connectivity index (χ0n) is 11.6. The van der Waals surface area contributed by atoms with Crippen LogP contribution >= 0.6 is 35.4 Å². The van der Waals surface area contributed by atoms with Crippen LogP contribution in [0, 0.1) is 0 Å². The molecule has 0 aliphatic carbocycles. The smallest absolute Gasteiger partial charge is 0.345 e. The highest BCUT2D eigenvalue weighted by Gasteiger charge is 2.13. The molecule has 8 heteroatoms. The van der Waals surface area contributed by atoms with Gasteiger partial charge in [0.15, 0.2) is 5.11 Å². The van der Waals surface area contributed by atoms with Crippen LogP contribution in [-0.4, -0.2) is 17.3 Å². The van der Waals surface area contributed by atoms with Crippen molar-refractivity contribution in [3.05, 3.63) is 63.6 Å². The zero-order valence-corrected chi connectivity index (χ0v) is 14.0. The monoisotopic (exact) mass is 367 g/mol. The maximum absolute atomic E-state index is 12.1. The van der Waals surface area contributed by atoms with Crippen molar-refractivity contribution in [1.29, 1.82) is 0 Å². The normalized spacial score (nSPS) is 10.5. The van der Waals surface area contributed by atoms with Crippen LogP contribution in [0.3, 0.4) is 0 Å². The van der Waals surface area contributed by atoms with Crippen molar-refractivity contribution in [2.75, 3.05) is 0 Å². The molecule has 0 spiro atoms. The van der Waals surface area contributed by atoms with Crippen molar-refractivity contribution in [2.45, 2.75) is 0 Å². The number of hydrogen-bond acceptors (Lipinski definition) is 4. The summed E-state index contributed by atoms with van der Waals surface area (Å²) in [5, 5.41) is 4.55. The molecular weight excluding hydrogens is 357 g/mol. The highest BCUT2D eigenvalue weighted by molar-refractivity contribution is 7.80. The summed E-state index contributed by atoms with van der Waals surface area (Å²) in [6, 6.07) is 11.3. The Balaban J connectivity index is 2.12. The number of thiocarbonyl (C=S) groups is 1. The number of nitrogens with one attached hydrogen (secondary N) is 1. The molecule has 0 bridgehead atoms. The summed E-state index contributed by atoms with van der Waals surface area (Å²) in [5.41, 5.74) is 8.61. The van der Waals surface area contributed by atoms with Crippen molar-refractivity contribution < 1.29 is 9.53 Å². The summed E-state index contributed by atoms with van der Waals surface area (Å²) in [5.74, 6) is -0.234. The third-order valence-corrected chi connectivity index (χ3v) is 3.25. The van der Waals surface area contributed by atoms with Crippen LogP contribution in [0.5, 0.6) is 5.75 Å². The largest absolute Gasteiger partial charge is 0.423 e. The minimum Gasteiger partial charge on any atom is -0.423 e. The van der Waals surface area contributed by atoms with Gasteiger partial charge in [0.25, 0.3) is 0 Å². The molecule has 0 saturated carbocycles. The number of carbonyl (C=O) groups is 1. The summed E-state index contributed by atoms with van der Waals surface area (Å²) in [7, 11) is 0. The lowest BCUT2D eigenvalue weighted by Crippen LogP contribution is -2.23. The first kappa shape index (κ1) is 17.2. The van der Waals surface area contributed by atoms with Crippen molar-refractivity contribution >= 4 is 52.7 Å². The molecule has 0 unspecified atom stereocenters.